The molecule has 0 aliphatic carbocycles. The normalized spacial score (nSPS) is 29.9. The molecule has 1 atom stereocenters. The minimum atomic E-state index is -0.563. The molecule has 118 valence electrons. The Kier molecular flexibility index (Phi) is 4.28. The summed E-state index contributed by atoms with van der Waals surface area (Å²) >= 11 is 5.87. The van der Waals surface area contributed by atoms with Crippen LogP contribution in [0.5, 0.6) is 0 Å². The van der Waals surface area contributed by atoms with Gasteiger partial charge in [-0.25, -0.2) is 0 Å². The van der Waals surface area contributed by atoms with Crippen molar-refractivity contribution in [3.8, 4) is 0 Å². The second kappa shape index (κ2) is 5.88. The van der Waals surface area contributed by atoms with E-state index in [0.29, 0.717) is 11.6 Å². The van der Waals surface area contributed by atoms with Crippen molar-refractivity contribution in [2.24, 2.45) is 0 Å². The summed E-state index contributed by atoms with van der Waals surface area (Å²) in [6.45, 7) is 6.49. The SMILES string of the molecule is CC1(O)CCOC2(CCN(CCn3cc(Cl)cn3)CC2)C1. The van der Waals surface area contributed by atoms with Gasteiger partial charge in [-0.05, 0) is 26.2 Å². The van der Waals surface area contributed by atoms with Crippen LogP contribution in [0.2, 0.25) is 5.02 Å². The quantitative estimate of drug-likeness (QED) is 0.926. The Morgan fingerprint density at radius 2 is 2.10 bits per heavy atom. The van der Waals surface area contributed by atoms with Crippen molar-refractivity contribution in [3.63, 3.8) is 0 Å². The van der Waals surface area contributed by atoms with Gasteiger partial charge >= 0.3 is 0 Å². The van der Waals surface area contributed by atoms with Crippen LogP contribution in [0, 0.1) is 0 Å². The van der Waals surface area contributed by atoms with Gasteiger partial charge in [-0.1, -0.05) is 11.6 Å². The fraction of sp³-hybridized carbons (Fsp3) is 0.800. The van der Waals surface area contributed by atoms with Gasteiger partial charge in [0.25, 0.3) is 0 Å². The molecular formula is C15H24ClN3O2. The van der Waals surface area contributed by atoms with Gasteiger partial charge in [-0.2, -0.15) is 5.10 Å². The standard InChI is InChI=1S/C15H24ClN3O2/c1-14(20)4-9-21-15(12-14)2-5-18(6-3-15)7-8-19-11-13(16)10-17-19/h10-11,20H,2-9,12H2,1H3. The predicted molar refractivity (Wildman–Crippen MR) is 81.5 cm³/mol. The molecule has 1 N–H and O–H groups in total. The van der Waals surface area contributed by atoms with Crippen molar-refractivity contribution in [2.45, 2.75) is 50.4 Å². The minimum Gasteiger partial charge on any atom is -0.390 e. The lowest BCUT2D eigenvalue weighted by atomic mass is 9.78. The van der Waals surface area contributed by atoms with Crippen molar-refractivity contribution in [1.29, 1.82) is 0 Å². The van der Waals surface area contributed by atoms with E-state index in [0.717, 1.165) is 51.9 Å². The predicted octanol–water partition coefficient (Wildman–Crippen LogP) is 1.93. The monoisotopic (exact) mass is 313 g/mol. The number of piperidine rings is 1. The van der Waals surface area contributed by atoms with Crippen molar-refractivity contribution >= 4 is 11.6 Å². The number of hydrogen-bond acceptors (Lipinski definition) is 4. The number of ether oxygens (including phenoxy) is 1. The van der Waals surface area contributed by atoms with Gasteiger partial charge in [0.1, 0.15) is 0 Å². The molecule has 3 heterocycles. The largest absolute Gasteiger partial charge is 0.390 e. The molecule has 5 nitrogen and oxygen atoms in total. The maximum Gasteiger partial charge on any atom is 0.0785 e. The molecule has 1 unspecified atom stereocenters. The Bertz CT molecular complexity index is 481. The number of hydrogen-bond donors (Lipinski definition) is 1. The molecule has 2 aliphatic rings. The van der Waals surface area contributed by atoms with E-state index in [1.54, 1.807) is 6.20 Å². The first-order valence-corrected chi connectivity index (χ1v) is 8.11. The van der Waals surface area contributed by atoms with Gasteiger partial charge < -0.3 is 14.7 Å². The maximum atomic E-state index is 10.3. The second-order valence-electron chi connectivity index (χ2n) is 6.72. The lowest BCUT2D eigenvalue weighted by Gasteiger charge is -2.48. The van der Waals surface area contributed by atoms with Gasteiger partial charge in [-0.15, -0.1) is 0 Å². The molecule has 2 aliphatic heterocycles. The van der Waals surface area contributed by atoms with Gasteiger partial charge in [0.15, 0.2) is 0 Å². The van der Waals surface area contributed by atoms with E-state index in [4.69, 9.17) is 16.3 Å². The molecule has 1 aromatic heterocycles. The molecule has 3 rings (SSSR count). The number of likely N-dealkylation sites (tertiary alicyclic amines) is 1. The highest BCUT2D eigenvalue weighted by molar-refractivity contribution is 6.30. The molecule has 0 bridgehead atoms. The van der Waals surface area contributed by atoms with E-state index in [-0.39, 0.29) is 5.60 Å². The van der Waals surface area contributed by atoms with Gasteiger partial charge in [0, 0.05) is 32.3 Å². The Balaban J connectivity index is 1.48. The fourth-order valence-electron chi connectivity index (χ4n) is 3.53. The Morgan fingerprint density at radius 3 is 2.71 bits per heavy atom. The third-order valence-corrected chi connectivity index (χ3v) is 4.96. The minimum absolute atomic E-state index is 0.104. The number of halogens is 1. The van der Waals surface area contributed by atoms with Crippen LogP contribution in [0.25, 0.3) is 0 Å². The van der Waals surface area contributed by atoms with E-state index in [2.05, 4.69) is 10.00 Å². The van der Waals surface area contributed by atoms with Crippen LogP contribution in [0.1, 0.15) is 32.6 Å². The van der Waals surface area contributed by atoms with E-state index < -0.39 is 5.60 Å². The molecule has 0 amide bonds. The number of aromatic nitrogens is 2. The van der Waals surface area contributed by atoms with E-state index in [1.165, 1.54) is 0 Å². The Morgan fingerprint density at radius 1 is 1.33 bits per heavy atom. The Labute approximate surface area is 130 Å². The zero-order valence-corrected chi connectivity index (χ0v) is 13.3. The molecule has 2 saturated heterocycles. The number of rotatable bonds is 3. The van der Waals surface area contributed by atoms with Gasteiger partial charge in [0.05, 0.1) is 35.6 Å². The molecule has 1 spiro atoms. The molecular weight excluding hydrogens is 290 g/mol. The molecule has 0 saturated carbocycles. The van der Waals surface area contributed by atoms with E-state index in [9.17, 15) is 5.11 Å². The average molecular weight is 314 g/mol. The van der Waals surface area contributed by atoms with Crippen molar-refractivity contribution in [1.82, 2.24) is 14.7 Å². The van der Waals surface area contributed by atoms with Gasteiger partial charge in [0.2, 0.25) is 0 Å². The number of aliphatic hydroxyl groups is 1. The topological polar surface area (TPSA) is 50.5 Å². The van der Waals surface area contributed by atoms with Crippen LogP contribution in [-0.2, 0) is 11.3 Å². The maximum absolute atomic E-state index is 10.3. The molecule has 2 fully saturated rings. The zero-order valence-electron chi connectivity index (χ0n) is 12.6. The average Bonchev–Trinajstić information content (AvgIpc) is 2.83. The van der Waals surface area contributed by atoms with Crippen LogP contribution in [0.3, 0.4) is 0 Å². The summed E-state index contributed by atoms with van der Waals surface area (Å²) in [5, 5.41) is 15.2. The first kappa shape index (κ1) is 15.3. The fourth-order valence-corrected chi connectivity index (χ4v) is 3.69. The summed E-state index contributed by atoms with van der Waals surface area (Å²) in [5.41, 5.74) is -0.667. The molecule has 6 heteroatoms. The number of nitrogens with zero attached hydrogens (tertiary/aromatic N) is 3. The van der Waals surface area contributed by atoms with Crippen molar-refractivity contribution in [2.75, 3.05) is 26.2 Å². The second-order valence-corrected chi connectivity index (χ2v) is 7.15. The smallest absolute Gasteiger partial charge is 0.0785 e. The summed E-state index contributed by atoms with van der Waals surface area (Å²) < 4.78 is 7.92. The van der Waals surface area contributed by atoms with E-state index >= 15 is 0 Å². The van der Waals surface area contributed by atoms with Crippen LogP contribution in [-0.4, -0.2) is 57.2 Å². The highest BCUT2D eigenvalue weighted by Gasteiger charge is 2.44. The summed E-state index contributed by atoms with van der Waals surface area (Å²) in [6.07, 6.45) is 7.05. The Hall–Kier alpha value is -0.620. The highest BCUT2D eigenvalue weighted by atomic mass is 35.5. The summed E-state index contributed by atoms with van der Waals surface area (Å²) in [7, 11) is 0. The van der Waals surface area contributed by atoms with Crippen molar-refractivity contribution < 1.29 is 9.84 Å². The lowest BCUT2D eigenvalue weighted by molar-refractivity contribution is -0.172. The molecule has 0 aromatic carbocycles. The van der Waals surface area contributed by atoms with Crippen LogP contribution < -0.4 is 0 Å². The molecule has 1 aromatic rings. The first-order chi connectivity index (χ1) is 9.96. The summed E-state index contributed by atoms with van der Waals surface area (Å²) in [6, 6.07) is 0. The summed E-state index contributed by atoms with van der Waals surface area (Å²) in [4.78, 5) is 2.44. The third-order valence-electron chi connectivity index (χ3n) is 4.77. The van der Waals surface area contributed by atoms with E-state index in [1.807, 2.05) is 17.8 Å². The molecule has 21 heavy (non-hydrogen) atoms. The van der Waals surface area contributed by atoms with Crippen LogP contribution >= 0.6 is 11.6 Å². The van der Waals surface area contributed by atoms with Gasteiger partial charge in [-0.3, -0.25) is 4.68 Å². The first-order valence-electron chi connectivity index (χ1n) is 7.73. The van der Waals surface area contributed by atoms with Crippen molar-refractivity contribution in [3.05, 3.63) is 17.4 Å². The highest BCUT2D eigenvalue weighted by Crippen LogP contribution is 2.39. The molecule has 0 radical (unpaired) electrons. The summed E-state index contributed by atoms with van der Waals surface area (Å²) in [5.74, 6) is 0. The third kappa shape index (κ3) is 3.77. The zero-order chi connectivity index (χ0) is 14.9. The van der Waals surface area contributed by atoms with Crippen LogP contribution in [0.15, 0.2) is 12.4 Å². The van der Waals surface area contributed by atoms with Crippen LogP contribution in [0.4, 0.5) is 0 Å². The lowest BCUT2D eigenvalue weighted by Crippen LogP contribution is -2.53.